The molecule has 0 saturated heterocycles. The van der Waals surface area contributed by atoms with Gasteiger partial charge >= 0.3 is 5.97 Å². The Bertz CT molecular complexity index is 368. The van der Waals surface area contributed by atoms with Crippen LogP contribution >= 0.6 is 0 Å². The Balaban J connectivity index is 2.32. The monoisotopic (exact) mass is 209 g/mol. The van der Waals surface area contributed by atoms with E-state index in [4.69, 9.17) is 5.11 Å². The van der Waals surface area contributed by atoms with Gasteiger partial charge in [-0.2, -0.15) is 0 Å². The maximum Gasteiger partial charge on any atom is 0.327 e. The molecule has 1 unspecified atom stereocenters. The van der Waals surface area contributed by atoms with Gasteiger partial charge in [-0.05, 0) is 18.8 Å². The van der Waals surface area contributed by atoms with E-state index in [-0.39, 0.29) is 5.92 Å². The summed E-state index contributed by atoms with van der Waals surface area (Å²) in [4.78, 5) is 11.2. The van der Waals surface area contributed by atoms with Crippen LogP contribution in [0.3, 0.4) is 0 Å². The van der Waals surface area contributed by atoms with Crippen molar-refractivity contribution in [3.05, 3.63) is 12.2 Å². The molecule has 1 heterocycles. The first-order chi connectivity index (χ1) is 7.11. The minimum atomic E-state index is -0.813. The van der Waals surface area contributed by atoms with Gasteiger partial charge in [-0.25, -0.2) is 4.79 Å². The third-order valence-corrected chi connectivity index (χ3v) is 2.73. The van der Waals surface area contributed by atoms with E-state index in [1.807, 2.05) is 13.8 Å². The second-order valence-corrected chi connectivity index (χ2v) is 4.40. The summed E-state index contributed by atoms with van der Waals surface area (Å²) in [5.41, 5.74) is 0. The summed E-state index contributed by atoms with van der Waals surface area (Å²) >= 11 is 0. The minimum absolute atomic E-state index is 0.0380. The molecule has 0 bridgehead atoms. The molecule has 0 aromatic carbocycles. The third-order valence-electron chi connectivity index (χ3n) is 2.73. The molecule has 5 heteroatoms. The van der Waals surface area contributed by atoms with E-state index in [1.54, 1.807) is 4.57 Å². The number of aromatic nitrogens is 3. The summed E-state index contributed by atoms with van der Waals surface area (Å²) in [5, 5.41) is 17.0. The molecule has 1 aliphatic carbocycles. The molecule has 0 aliphatic heterocycles. The summed E-state index contributed by atoms with van der Waals surface area (Å²) < 4.78 is 1.71. The van der Waals surface area contributed by atoms with Crippen molar-refractivity contribution in [1.29, 1.82) is 0 Å². The Labute approximate surface area is 88.1 Å². The van der Waals surface area contributed by atoms with Crippen LogP contribution in [0.1, 0.15) is 44.5 Å². The van der Waals surface area contributed by atoms with Gasteiger partial charge in [-0.1, -0.05) is 13.8 Å². The number of aliphatic carboxylic acids is 1. The molecular formula is C10H15N3O2. The number of hydrogen-bond donors (Lipinski definition) is 1. The lowest BCUT2D eigenvalue weighted by atomic mass is 10.0. The summed E-state index contributed by atoms with van der Waals surface area (Å²) in [6.45, 7) is 3.80. The molecule has 0 spiro atoms. The Morgan fingerprint density at radius 3 is 2.73 bits per heavy atom. The molecule has 0 radical (unpaired) electrons. The van der Waals surface area contributed by atoms with E-state index in [2.05, 4.69) is 10.2 Å². The predicted octanol–water partition coefficient (Wildman–Crippen LogP) is 1.44. The van der Waals surface area contributed by atoms with E-state index in [0.29, 0.717) is 5.92 Å². The molecule has 1 saturated carbocycles. The molecule has 1 N–H and O–H groups in total. The van der Waals surface area contributed by atoms with Crippen LogP contribution in [0.5, 0.6) is 0 Å². The van der Waals surface area contributed by atoms with Gasteiger partial charge in [-0.15, -0.1) is 10.2 Å². The largest absolute Gasteiger partial charge is 0.480 e. The number of nitrogens with zero attached hydrogens (tertiary/aromatic N) is 3. The highest BCUT2D eigenvalue weighted by Gasteiger charge is 2.33. The lowest BCUT2D eigenvalue weighted by molar-refractivity contribution is -0.142. The van der Waals surface area contributed by atoms with Gasteiger partial charge in [0.25, 0.3) is 0 Å². The van der Waals surface area contributed by atoms with Crippen molar-refractivity contribution in [2.45, 2.75) is 38.6 Å². The third kappa shape index (κ3) is 1.86. The standard InChI is InChI=1S/C10H15N3O2/c1-6(2)8(10(14)15)13-5-11-12-9(13)7-3-4-7/h5-8H,3-4H2,1-2H3,(H,14,15). The topological polar surface area (TPSA) is 68.0 Å². The lowest BCUT2D eigenvalue weighted by Crippen LogP contribution is -2.25. The van der Waals surface area contributed by atoms with Crippen LogP contribution in [0, 0.1) is 5.92 Å². The highest BCUT2D eigenvalue weighted by atomic mass is 16.4. The molecular weight excluding hydrogens is 194 g/mol. The average molecular weight is 209 g/mol. The number of carbonyl (C=O) groups is 1. The van der Waals surface area contributed by atoms with Gasteiger partial charge in [0.1, 0.15) is 18.2 Å². The van der Waals surface area contributed by atoms with Crippen molar-refractivity contribution in [1.82, 2.24) is 14.8 Å². The van der Waals surface area contributed by atoms with Gasteiger partial charge in [0.05, 0.1) is 0 Å². The van der Waals surface area contributed by atoms with Gasteiger partial charge in [0.2, 0.25) is 0 Å². The number of carboxylic acids is 1. The second-order valence-electron chi connectivity index (χ2n) is 4.40. The maximum atomic E-state index is 11.2. The van der Waals surface area contributed by atoms with E-state index in [9.17, 15) is 4.79 Å². The molecule has 1 aromatic heterocycles. The van der Waals surface area contributed by atoms with Crippen molar-refractivity contribution >= 4 is 5.97 Å². The van der Waals surface area contributed by atoms with Crippen LogP contribution in [0.15, 0.2) is 6.33 Å². The first kappa shape index (κ1) is 10.1. The molecule has 1 aliphatic rings. The molecule has 2 rings (SSSR count). The fourth-order valence-electron chi connectivity index (χ4n) is 1.83. The van der Waals surface area contributed by atoms with Crippen LogP contribution in [0.25, 0.3) is 0 Å². The van der Waals surface area contributed by atoms with Gasteiger partial charge in [-0.3, -0.25) is 0 Å². The smallest absolute Gasteiger partial charge is 0.327 e. The molecule has 82 valence electrons. The van der Waals surface area contributed by atoms with Crippen LogP contribution in [0.2, 0.25) is 0 Å². The summed E-state index contributed by atoms with van der Waals surface area (Å²) in [6, 6.07) is -0.546. The first-order valence-electron chi connectivity index (χ1n) is 5.23. The maximum absolute atomic E-state index is 11.2. The fraction of sp³-hybridized carbons (Fsp3) is 0.700. The van der Waals surface area contributed by atoms with Crippen molar-refractivity contribution in [3.63, 3.8) is 0 Å². The molecule has 5 nitrogen and oxygen atoms in total. The molecule has 0 amide bonds. The molecule has 15 heavy (non-hydrogen) atoms. The summed E-state index contributed by atoms with van der Waals surface area (Å²) in [6.07, 6.45) is 3.73. The van der Waals surface area contributed by atoms with Crippen molar-refractivity contribution < 1.29 is 9.90 Å². The predicted molar refractivity (Wildman–Crippen MR) is 53.5 cm³/mol. The zero-order chi connectivity index (χ0) is 11.0. The van der Waals surface area contributed by atoms with E-state index >= 15 is 0 Å². The Morgan fingerprint density at radius 1 is 1.60 bits per heavy atom. The van der Waals surface area contributed by atoms with Gasteiger partial charge < -0.3 is 9.67 Å². The second kappa shape index (κ2) is 3.64. The first-order valence-corrected chi connectivity index (χ1v) is 5.23. The average Bonchev–Trinajstić information content (AvgIpc) is 2.87. The van der Waals surface area contributed by atoms with Crippen molar-refractivity contribution in [2.24, 2.45) is 5.92 Å². The number of rotatable bonds is 4. The normalized spacial score (nSPS) is 18.1. The van der Waals surface area contributed by atoms with Gasteiger partial charge in [0, 0.05) is 5.92 Å². The fourth-order valence-corrected chi connectivity index (χ4v) is 1.83. The van der Waals surface area contributed by atoms with Gasteiger partial charge in [0.15, 0.2) is 0 Å². The lowest BCUT2D eigenvalue weighted by Gasteiger charge is -2.19. The Kier molecular flexibility index (Phi) is 2.46. The molecule has 1 aromatic rings. The van der Waals surface area contributed by atoms with E-state index in [0.717, 1.165) is 18.7 Å². The van der Waals surface area contributed by atoms with Crippen molar-refractivity contribution in [2.75, 3.05) is 0 Å². The van der Waals surface area contributed by atoms with E-state index in [1.165, 1.54) is 6.33 Å². The van der Waals surface area contributed by atoms with Crippen molar-refractivity contribution in [3.8, 4) is 0 Å². The zero-order valence-electron chi connectivity index (χ0n) is 8.92. The molecule has 1 fully saturated rings. The number of hydrogen-bond acceptors (Lipinski definition) is 3. The highest BCUT2D eigenvalue weighted by molar-refractivity contribution is 5.72. The molecule has 1 atom stereocenters. The highest BCUT2D eigenvalue weighted by Crippen LogP contribution is 2.40. The van der Waals surface area contributed by atoms with Crippen LogP contribution in [-0.4, -0.2) is 25.8 Å². The summed E-state index contributed by atoms with van der Waals surface area (Å²) in [5.74, 6) is 0.479. The Hall–Kier alpha value is -1.39. The zero-order valence-corrected chi connectivity index (χ0v) is 8.92. The SMILES string of the molecule is CC(C)C(C(=O)O)n1cnnc1C1CC1. The number of carboxylic acid groups (broad SMARTS) is 1. The van der Waals surface area contributed by atoms with Crippen LogP contribution in [0.4, 0.5) is 0 Å². The Morgan fingerprint density at radius 2 is 2.27 bits per heavy atom. The quantitative estimate of drug-likeness (QED) is 0.814. The van der Waals surface area contributed by atoms with Crippen LogP contribution in [-0.2, 0) is 4.79 Å². The minimum Gasteiger partial charge on any atom is -0.480 e. The van der Waals surface area contributed by atoms with Crippen LogP contribution < -0.4 is 0 Å². The summed E-state index contributed by atoms with van der Waals surface area (Å²) in [7, 11) is 0. The van der Waals surface area contributed by atoms with E-state index < -0.39 is 12.0 Å².